The van der Waals surface area contributed by atoms with Gasteiger partial charge in [0.2, 0.25) is 5.88 Å². The zero-order valence-electron chi connectivity index (χ0n) is 13.4. The number of halogens is 1. The number of ether oxygens (including phenoxy) is 2. The number of aromatic nitrogens is 2. The Morgan fingerprint density at radius 1 is 1.41 bits per heavy atom. The van der Waals surface area contributed by atoms with Gasteiger partial charge in [-0.05, 0) is 28.0 Å². The lowest BCUT2D eigenvalue weighted by atomic mass is 10.3. The molecule has 5 nitrogen and oxygen atoms in total. The Bertz CT molecular complexity index is 679. The third kappa shape index (κ3) is 3.77. The molecule has 0 amide bonds. The Labute approximate surface area is 139 Å². The number of hydrogen-bond acceptors (Lipinski definition) is 4. The van der Waals surface area contributed by atoms with Gasteiger partial charge in [-0.3, -0.25) is 4.79 Å². The van der Waals surface area contributed by atoms with Crippen molar-refractivity contribution in [1.29, 1.82) is 0 Å². The molecule has 0 aromatic carbocycles. The number of methoxy groups -OCH3 is 1. The average molecular weight is 385 g/mol. The van der Waals surface area contributed by atoms with Gasteiger partial charge in [0.25, 0.3) is 0 Å². The maximum atomic E-state index is 11.4. The lowest BCUT2D eigenvalue weighted by Crippen LogP contribution is -2.22. The van der Waals surface area contributed by atoms with Gasteiger partial charge in [-0.2, -0.15) is 0 Å². The molecule has 0 fully saturated rings. The van der Waals surface area contributed by atoms with E-state index in [0.29, 0.717) is 24.9 Å². The number of carbonyl (C=O) groups excluding carboxylic acids is 1. The number of fused-ring (bicyclic) bond motifs is 1. The summed E-state index contributed by atoms with van der Waals surface area (Å²) in [6.45, 7) is 7.93. The molecule has 0 saturated carbocycles. The molecule has 0 atom stereocenters. The minimum absolute atomic E-state index is 0.316. The highest BCUT2D eigenvalue weighted by molar-refractivity contribution is 9.10. The summed E-state index contributed by atoms with van der Waals surface area (Å²) in [6.07, 6.45) is 2.50. The van der Waals surface area contributed by atoms with Crippen LogP contribution in [0, 0.1) is 0 Å². The summed E-state index contributed by atoms with van der Waals surface area (Å²) in [5.41, 5.74) is 1.32. The van der Waals surface area contributed by atoms with Crippen molar-refractivity contribution in [1.82, 2.24) is 9.55 Å². The lowest BCUT2D eigenvalue weighted by Gasteiger charge is -2.16. The van der Waals surface area contributed by atoms with Crippen molar-refractivity contribution in [3.05, 3.63) is 22.4 Å². The molecule has 0 N–H and O–H groups in total. The monoisotopic (exact) mass is 384 g/mol. The van der Waals surface area contributed by atoms with Crippen LogP contribution < -0.4 is 4.74 Å². The molecule has 0 aliphatic carbocycles. The summed E-state index contributed by atoms with van der Waals surface area (Å²) in [7, 11) is 0.439. The molecule has 0 saturated heterocycles. The molecular weight excluding hydrogens is 364 g/mol. The number of rotatable bonds is 7. The van der Waals surface area contributed by atoms with E-state index in [-0.39, 0.29) is 0 Å². The number of hydrogen-bond donors (Lipinski definition) is 0. The minimum Gasteiger partial charge on any atom is -0.479 e. The predicted octanol–water partition coefficient (Wildman–Crippen LogP) is 3.93. The van der Waals surface area contributed by atoms with Crippen LogP contribution in [-0.2, 0) is 11.5 Å². The molecule has 2 heterocycles. The van der Waals surface area contributed by atoms with Crippen molar-refractivity contribution in [3.8, 4) is 5.88 Å². The van der Waals surface area contributed by atoms with Gasteiger partial charge in [-0.15, -0.1) is 0 Å². The highest BCUT2D eigenvalue weighted by atomic mass is 79.9. The number of aldehydes is 1. The van der Waals surface area contributed by atoms with Crippen LogP contribution in [-0.4, -0.2) is 37.6 Å². The van der Waals surface area contributed by atoms with Crippen LogP contribution >= 0.6 is 15.9 Å². The lowest BCUT2D eigenvalue weighted by molar-refractivity contribution is 0.0860. The zero-order chi connectivity index (χ0) is 16.3. The topological polar surface area (TPSA) is 53.3 Å². The molecule has 2 aromatic rings. The van der Waals surface area contributed by atoms with Crippen molar-refractivity contribution in [2.24, 2.45) is 0 Å². The van der Waals surface area contributed by atoms with Gasteiger partial charge < -0.3 is 14.0 Å². The van der Waals surface area contributed by atoms with Gasteiger partial charge in [0.1, 0.15) is 12.2 Å². The van der Waals surface area contributed by atoms with Crippen LogP contribution in [0.25, 0.3) is 10.9 Å². The van der Waals surface area contributed by atoms with E-state index in [1.807, 2.05) is 10.6 Å². The van der Waals surface area contributed by atoms with Crippen LogP contribution in [0.15, 0.2) is 16.7 Å². The molecular formula is C15H21BrN2O3Si. The molecule has 120 valence electrons. The van der Waals surface area contributed by atoms with E-state index in [9.17, 15) is 4.79 Å². The van der Waals surface area contributed by atoms with E-state index in [2.05, 4.69) is 40.6 Å². The quantitative estimate of drug-likeness (QED) is 0.412. The molecule has 0 aliphatic rings. The van der Waals surface area contributed by atoms with E-state index >= 15 is 0 Å². The van der Waals surface area contributed by atoms with E-state index in [4.69, 9.17) is 9.47 Å². The van der Waals surface area contributed by atoms with Crippen molar-refractivity contribution in [3.63, 3.8) is 0 Å². The van der Waals surface area contributed by atoms with Gasteiger partial charge >= 0.3 is 0 Å². The largest absolute Gasteiger partial charge is 0.479 e. The minimum atomic E-state index is -1.13. The maximum absolute atomic E-state index is 11.4. The fourth-order valence-corrected chi connectivity index (χ4v) is 3.31. The van der Waals surface area contributed by atoms with Gasteiger partial charge in [-0.1, -0.05) is 19.6 Å². The first-order valence-corrected chi connectivity index (χ1v) is 11.6. The summed E-state index contributed by atoms with van der Waals surface area (Å²) >= 11 is 3.46. The summed E-state index contributed by atoms with van der Waals surface area (Å²) in [6, 6.07) is 2.90. The Morgan fingerprint density at radius 2 is 2.14 bits per heavy atom. The molecule has 0 spiro atoms. The zero-order valence-corrected chi connectivity index (χ0v) is 15.9. The fraction of sp³-hybridized carbons (Fsp3) is 0.467. The SMILES string of the molecule is COc1ncc(Br)c2cc(C=O)n(COCC[Si](C)(C)C)c12. The number of pyridine rings is 1. The van der Waals surface area contributed by atoms with E-state index in [0.717, 1.165) is 27.7 Å². The van der Waals surface area contributed by atoms with Gasteiger partial charge in [0.05, 0.1) is 12.8 Å². The molecule has 0 aliphatic heterocycles. The third-order valence-corrected chi connectivity index (χ3v) is 5.75. The predicted molar refractivity (Wildman–Crippen MR) is 93.5 cm³/mol. The second-order valence-corrected chi connectivity index (χ2v) is 12.8. The summed E-state index contributed by atoms with van der Waals surface area (Å²) in [5, 5.41) is 0.891. The van der Waals surface area contributed by atoms with Gasteiger partial charge in [0, 0.05) is 30.7 Å². The summed E-state index contributed by atoms with van der Waals surface area (Å²) in [5.74, 6) is 0.486. The second kappa shape index (κ2) is 6.93. The average Bonchev–Trinajstić information content (AvgIpc) is 2.83. The normalized spacial score (nSPS) is 11.9. The first-order valence-electron chi connectivity index (χ1n) is 7.12. The van der Waals surface area contributed by atoms with Crippen molar-refractivity contribution < 1.29 is 14.3 Å². The Kier molecular flexibility index (Phi) is 5.41. The smallest absolute Gasteiger partial charge is 0.238 e. The molecule has 22 heavy (non-hydrogen) atoms. The second-order valence-electron chi connectivity index (χ2n) is 6.34. The van der Waals surface area contributed by atoms with Crippen molar-refractivity contribution >= 4 is 41.2 Å². The van der Waals surface area contributed by atoms with Gasteiger partial charge in [0.15, 0.2) is 6.29 Å². The molecule has 2 rings (SSSR count). The maximum Gasteiger partial charge on any atom is 0.238 e. The van der Waals surface area contributed by atoms with E-state index in [1.54, 1.807) is 13.3 Å². The van der Waals surface area contributed by atoms with Crippen molar-refractivity contribution in [2.45, 2.75) is 32.4 Å². The summed E-state index contributed by atoms with van der Waals surface area (Å²) in [4.78, 5) is 15.6. The molecule has 0 radical (unpaired) electrons. The Balaban J connectivity index is 2.31. The van der Waals surface area contributed by atoms with Crippen LogP contribution in [0.5, 0.6) is 5.88 Å². The molecule has 2 aromatic heterocycles. The standard InChI is InChI=1S/C15H21BrN2O3Si/c1-20-15-14-12(13(16)8-17-15)7-11(9-19)18(14)10-21-5-6-22(2,3)4/h7-9H,5-6,10H2,1-4H3. The molecule has 7 heteroatoms. The van der Waals surface area contributed by atoms with Crippen LogP contribution in [0.2, 0.25) is 25.7 Å². The molecule has 0 unspecified atom stereocenters. The molecule has 0 bridgehead atoms. The van der Waals surface area contributed by atoms with E-state index in [1.165, 1.54) is 0 Å². The van der Waals surface area contributed by atoms with Crippen molar-refractivity contribution in [2.75, 3.05) is 13.7 Å². The fourth-order valence-electron chi connectivity index (χ4n) is 2.15. The summed E-state index contributed by atoms with van der Waals surface area (Å²) < 4.78 is 13.7. The first-order chi connectivity index (χ1) is 10.4. The first kappa shape index (κ1) is 17.2. The van der Waals surface area contributed by atoms with E-state index < -0.39 is 8.07 Å². The van der Waals surface area contributed by atoms with Crippen LogP contribution in [0.1, 0.15) is 10.5 Å². The van der Waals surface area contributed by atoms with Gasteiger partial charge in [-0.25, -0.2) is 4.98 Å². The number of nitrogens with zero attached hydrogens (tertiary/aromatic N) is 2. The Hall–Kier alpha value is -1.18. The Morgan fingerprint density at radius 3 is 2.73 bits per heavy atom. The highest BCUT2D eigenvalue weighted by Gasteiger charge is 2.17. The number of carbonyl (C=O) groups is 1. The third-order valence-electron chi connectivity index (χ3n) is 3.41. The van der Waals surface area contributed by atoms with Crippen LogP contribution in [0.4, 0.5) is 0 Å². The van der Waals surface area contributed by atoms with Crippen LogP contribution in [0.3, 0.4) is 0 Å². The highest BCUT2D eigenvalue weighted by Crippen LogP contribution is 2.32.